The van der Waals surface area contributed by atoms with Crippen LogP contribution < -0.4 is 0 Å². The predicted molar refractivity (Wildman–Crippen MR) is 79.2 cm³/mol. The molecular weight excluding hydrogens is 373 g/mol. The molecular formula is C14H9BrCl2F2O. The highest BCUT2D eigenvalue weighted by Gasteiger charge is 2.21. The van der Waals surface area contributed by atoms with Gasteiger partial charge in [0.05, 0.1) is 11.7 Å². The summed E-state index contributed by atoms with van der Waals surface area (Å²) in [6, 6.07) is 7.04. The molecule has 2 rings (SSSR count). The summed E-state index contributed by atoms with van der Waals surface area (Å²) in [6.07, 6.45) is -1.45. The topological polar surface area (TPSA) is 20.2 Å². The number of benzene rings is 2. The number of hydrogen-bond donors (Lipinski definition) is 1. The fourth-order valence-electron chi connectivity index (χ4n) is 1.89. The van der Waals surface area contributed by atoms with Crippen molar-refractivity contribution in [2.24, 2.45) is 0 Å². The Morgan fingerprint density at radius 3 is 2.10 bits per heavy atom. The maximum Gasteiger partial charge on any atom is 0.133 e. The van der Waals surface area contributed by atoms with E-state index in [1.165, 1.54) is 0 Å². The molecule has 1 nitrogen and oxygen atoms in total. The van der Waals surface area contributed by atoms with E-state index < -0.39 is 23.3 Å². The van der Waals surface area contributed by atoms with Crippen LogP contribution in [0.1, 0.15) is 17.2 Å². The monoisotopic (exact) mass is 380 g/mol. The molecule has 20 heavy (non-hydrogen) atoms. The van der Waals surface area contributed by atoms with Crippen molar-refractivity contribution in [3.63, 3.8) is 0 Å². The van der Waals surface area contributed by atoms with Crippen LogP contribution in [0.25, 0.3) is 0 Å². The Morgan fingerprint density at radius 2 is 1.60 bits per heavy atom. The van der Waals surface area contributed by atoms with Crippen LogP contribution in [0.15, 0.2) is 34.8 Å². The molecule has 0 bridgehead atoms. The number of aliphatic hydroxyl groups excluding tert-OH is 1. The molecule has 1 N–H and O–H groups in total. The first-order valence-electron chi connectivity index (χ1n) is 5.65. The number of hydrogen-bond acceptors (Lipinski definition) is 1. The summed E-state index contributed by atoms with van der Waals surface area (Å²) >= 11 is 14.9. The Balaban J connectivity index is 2.36. The summed E-state index contributed by atoms with van der Waals surface area (Å²) in [7, 11) is 0. The van der Waals surface area contributed by atoms with Gasteiger partial charge in [0.25, 0.3) is 0 Å². The molecule has 0 fully saturated rings. The van der Waals surface area contributed by atoms with Gasteiger partial charge in [0, 0.05) is 20.9 Å². The first-order chi connectivity index (χ1) is 9.40. The molecule has 0 saturated carbocycles. The highest BCUT2D eigenvalue weighted by atomic mass is 79.9. The van der Waals surface area contributed by atoms with E-state index in [1.54, 1.807) is 18.2 Å². The Labute approximate surface area is 133 Å². The maximum absolute atomic E-state index is 13.8. The van der Waals surface area contributed by atoms with Crippen LogP contribution in [0.4, 0.5) is 8.78 Å². The zero-order chi connectivity index (χ0) is 14.9. The van der Waals surface area contributed by atoms with E-state index >= 15 is 0 Å². The molecule has 1 atom stereocenters. The molecule has 0 radical (unpaired) electrons. The van der Waals surface area contributed by atoms with Crippen LogP contribution in [-0.4, -0.2) is 5.11 Å². The predicted octanol–water partition coefficient (Wildman–Crippen LogP) is 5.31. The lowest BCUT2D eigenvalue weighted by Crippen LogP contribution is -2.08. The van der Waals surface area contributed by atoms with Crippen molar-refractivity contribution in [3.05, 3.63) is 67.6 Å². The highest BCUT2D eigenvalue weighted by molar-refractivity contribution is 9.10. The van der Waals surface area contributed by atoms with Gasteiger partial charge in [-0.2, -0.15) is 0 Å². The normalized spacial score (nSPS) is 12.5. The van der Waals surface area contributed by atoms with Crippen LogP contribution >= 0.6 is 39.1 Å². The molecule has 0 spiro atoms. The van der Waals surface area contributed by atoms with Gasteiger partial charge in [-0.1, -0.05) is 45.2 Å². The molecule has 0 aliphatic heterocycles. The van der Waals surface area contributed by atoms with Crippen LogP contribution in [0.2, 0.25) is 10.0 Å². The molecule has 0 heterocycles. The molecule has 6 heteroatoms. The van der Waals surface area contributed by atoms with Crippen molar-refractivity contribution < 1.29 is 13.9 Å². The summed E-state index contributed by atoms with van der Waals surface area (Å²) in [6.45, 7) is 0. The van der Waals surface area contributed by atoms with E-state index in [2.05, 4.69) is 15.9 Å². The van der Waals surface area contributed by atoms with Gasteiger partial charge < -0.3 is 5.11 Å². The third-order valence-corrected chi connectivity index (χ3v) is 4.00. The zero-order valence-corrected chi connectivity index (χ0v) is 13.1. The van der Waals surface area contributed by atoms with Gasteiger partial charge in [-0.05, 0) is 29.8 Å². The number of halogens is 5. The van der Waals surface area contributed by atoms with Crippen LogP contribution in [0, 0.1) is 11.6 Å². The van der Waals surface area contributed by atoms with Crippen molar-refractivity contribution in [2.75, 3.05) is 0 Å². The van der Waals surface area contributed by atoms with Gasteiger partial charge >= 0.3 is 0 Å². The maximum atomic E-state index is 13.8. The van der Waals surface area contributed by atoms with Crippen molar-refractivity contribution in [3.8, 4) is 0 Å². The zero-order valence-electron chi connectivity index (χ0n) is 10.0. The van der Waals surface area contributed by atoms with Crippen molar-refractivity contribution in [1.82, 2.24) is 0 Å². The smallest absolute Gasteiger partial charge is 0.133 e. The lowest BCUT2D eigenvalue weighted by molar-refractivity contribution is 0.168. The summed E-state index contributed by atoms with van der Waals surface area (Å²) in [5.41, 5.74) is 0.0502. The Morgan fingerprint density at radius 1 is 1.10 bits per heavy atom. The van der Waals surface area contributed by atoms with Crippen molar-refractivity contribution in [1.29, 1.82) is 0 Å². The third-order valence-electron chi connectivity index (χ3n) is 2.84. The van der Waals surface area contributed by atoms with Crippen LogP contribution in [0.5, 0.6) is 0 Å². The molecule has 0 aliphatic rings. The number of aliphatic hydroxyl groups is 1. The molecule has 0 aliphatic carbocycles. The molecule has 1 unspecified atom stereocenters. The lowest BCUT2D eigenvalue weighted by atomic mass is 10.0. The van der Waals surface area contributed by atoms with Gasteiger partial charge in [-0.25, -0.2) is 8.78 Å². The van der Waals surface area contributed by atoms with Gasteiger partial charge in [-0.3, -0.25) is 0 Å². The van der Waals surface area contributed by atoms with Crippen molar-refractivity contribution >= 4 is 39.1 Å². The van der Waals surface area contributed by atoms with E-state index in [0.29, 0.717) is 15.6 Å². The third kappa shape index (κ3) is 3.31. The minimum absolute atomic E-state index is 0.0754. The highest BCUT2D eigenvalue weighted by Crippen LogP contribution is 2.32. The summed E-state index contributed by atoms with van der Waals surface area (Å²) in [5.74, 6) is -1.65. The van der Waals surface area contributed by atoms with E-state index in [-0.39, 0.29) is 10.9 Å². The molecule has 2 aromatic rings. The summed E-state index contributed by atoms with van der Waals surface area (Å²) in [5, 5.41) is 10.7. The fourth-order valence-corrected chi connectivity index (χ4v) is 2.85. The molecule has 0 saturated heterocycles. The van der Waals surface area contributed by atoms with Gasteiger partial charge in [-0.15, -0.1) is 0 Å². The SMILES string of the molecule is OC(Cc1c(Cl)cccc1Cl)c1c(F)cc(Br)cc1F. The quantitative estimate of drug-likeness (QED) is 0.763. The molecule has 106 valence electrons. The van der Waals surface area contributed by atoms with Crippen LogP contribution in [0.3, 0.4) is 0 Å². The Hall–Kier alpha value is -0.680. The van der Waals surface area contributed by atoms with Crippen molar-refractivity contribution in [2.45, 2.75) is 12.5 Å². The largest absolute Gasteiger partial charge is 0.388 e. The number of rotatable bonds is 3. The van der Waals surface area contributed by atoms with Crippen LogP contribution in [-0.2, 0) is 6.42 Å². The minimum atomic E-state index is -1.37. The molecule has 0 aromatic heterocycles. The average molecular weight is 382 g/mol. The van der Waals surface area contributed by atoms with Gasteiger partial charge in [0.2, 0.25) is 0 Å². The molecule has 0 amide bonds. The minimum Gasteiger partial charge on any atom is -0.388 e. The average Bonchev–Trinajstić information content (AvgIpc) is 2.32. The van der Waals surface area contributed by atoms with E-state index in [4.69, 9.17) is 23.2 Å². The first-order valence-corrected chi connectivity index (χ1v) is 7.20. The van der Waals surface area contributed by atoms with Gasteiger partial charge in [0.1, 0.15) is 11.6 Å². The molecule has 2 aromatic carbocycles. The summed E-state index contributed by atoms with van der Waals surface area (Å²) < 4.78 is 27.8. The second-order valence-electron chi connectivity index (χ2n) is 4.20. The fraction of sp³-hybridized carbons (Fsp3) is 0.143. The second-order valence-corrected chi connectivity index (χ2v) is 5.93. The Bertz CT molecular complexity index is 606. The van der Waals surface area contributed by atoms with E-state index in [0.717, 1.165) is 12.1 Å². The summed E-state index contributed by atoms with van der Waals surface area (Å²) in [4.78, 5) is 0. The second kappa shape index (κ2) is 6.39. The Kier molecular flexibility index (Phi) is 5.02. The van der Waals surface area contributed by atoms with E-state index in [9.17, 15) is 13.9 Å². The van der Waals surface area contributed by atoms with E-state index in [1.807, 2.05) is 0 Å². The first kappa shape index (κ1) is 15.7. The lowest BCUT2D eigenvalue weighted by Gasteiger charge is -2.15. The standard InChI is InChI=1S/C14H9BrCl2F2O/c15-7-4-11(18)14(12(19)5-7)13(20)6-8-9(16)2-1-3-10(8)17/h1-5,13,20H,6H2. The van der Waals surface area contributed by atoms with Gasteiger partial charge in [0.15, 0.2) is 0 Å².